The summed E-state index contributed by atoms with van der Waals surface area (Å²) < 4.78 is 13.8. The lowest BCUT2D eigenvalue weighted by molar-refractivity contribution is 0.634. The van der Waals surface area contributed by atoms with Crippen molar-refractivity contribution in [2.45, 2.75) is 79.1 Å². The van der Waals surface area contributed by atoms with Crippen LogP contribution in [-0.2, 0) is 9.07 Å². The summed E-state index contributed by atoms with van der Waals surface area (Å²) in [7, 11) is -2.34. The molecule has 18 heavy (non-hydrogen) atoms. The van der Waals surface area contributed by atoms with Crippen LogP contribution in [0.25, 0.3) is 0 Å². The van der Waals surface area contributed by atoms with E-state index < -0.39 is 9.07 Å². The van der Waals surface area contributed by atoms with Crippen molar-refractivity contribution < 1.29 is 4.21 Å². The van der Waals surface area contributed by atoms with Crippen molar-refractivity contribution in [2.75, 3.05) is 23.0 Å². The molecule has 0 saturated heterocycles. The molecular weight excluding hydrogens is 240 g/mol. The first-order valence-corrected chi connectivity index (χ1v) is 10.8. The quantitative estimate of drug-likeness (QED) is 0.490. The third-order valence-corrected chi connectivity index (χ3v) is 9.34. The van der Waals surface area contributed by atoms with E-state index in [0.717, 1.165) is 48.7 Å². The molecule has 0 radical (unpaired) electrons. The van der Waals surface area contributed by atoms with E-state index >= 15 is 0 Å². The van der Waals surface area contributed by atoms with Crippen LogP contribution < -0.4 is 0 Å². The van der Waals surface area contributed by atoms with Crippen molar-refractivity contribution in [1.82, 2.24) is 0 Å². The molecule has 0 aliphatic heterocycles. The lowest BCUT2D eigenvalue weighted by Gasteiger charge is -2.43. The molecule has 0 aliphatic rings. The monoisotopic (exact) mass is 276 g/mol. The van der Waals surface area contributed by atoms with E-state index in [9.17, 15) is 4.21 Å². The summed E-state index contributed by atoms with van der Waals surface area (Å²) in [5.41, 5.74) is 0. The molecule has 0 N–H and O–H groups in total. The average molecular weight is 277 g/mol. The summed E-state index contributed by atoms with van der Waals surface area (Å²) in [5.74, 6) is 4.03. The van der Waals surface area contributed by atoms with E-state index in [1.54, 1.807) is 0 Å². The van der Waals surface area contributed by atoms with Crippen molar-refractivity contribution in [2.24, 2.45) is 0 Å². The maximum atomic E-state index is 13.8. The summed E-state index contributed by atoms with van der Waals surface area (Å²) in [5, 5.41) is 0. The minimum atomic E-state index is -2.34. The lowest BCUT2D eigenvalue weighted by Crippen LogP contribution is -2.46. The topological polar surface area (TPSA) is 17.1 Å². The predicted octanol–water partition coefficient (Wildman–Crippen LogP) is 5.01. The van der Waals surface area contributed by atoms with Crippen LogP contribution in [0.5, 0.6) is 0 Å². The van der Waals surface area contributed by atoms with Gasteiger partial charge in [-0.15, -0.1) is 0 Å². The molecule has 0 aromatic carbocycles. The minimum Gasteiger partial charge on any atom is -0.282 e. The van der Waals surface area contributed by atoms with Crippen molar-refractivity contribution in [3.63, 3.8) is 0 Å². The van der Waals surface area contributed by atoms with Crippen LogP contribution >= 0.6 is 0 Å². The minimum absolute atomic E-state index is 1.01. The molecule has 0 aromatic rings. The fourth-order valence-electron chi connectivity index (χ4n) is 2.65. The average Bonchev–Trinajstić information content (AvgIpc) is 2.40. The molecule has 0 unspecified atom stereocenters. The molecule has 1 nitrogen and oxygen atoms in total. The SMILES string of the molecule is CCCCS(=O)(CCCC)(CCCC)CCCC. The summed E-state index contributed by atoms with van der Waals surface area (Å²) >= 11 is 0. The third kappa shape index (κ3) is 6.36. The Morgan fingerprint density at radius 3 is 0.944 bits per heavy atom. The largest absolute Gasteiger partial charge is 0.282 e. The molecule has 0 atom stereocenters. The zero-order valence-corrected chi connectivity index (χ0v) is 14.1. The Labute approximate surface area is 116 Å². The van der Waals surface area contributed by atoms with Crippen LogP contribution in [-0.4, -0.2) is 27.2 Å². The summed E-state index contributed by atoms with van der Waals surface area (Å²) in [4.78, 5) is 0. The van der Waals surface area contributed by atoms with E-state index in [4.69, 9.17) is 0 Å². The van der Waals surface area contributed by atoms with E-state index in [1.807, 2.05) is 0 Å². The molecule has 2 heteroatoms. The van der Waals surface area contributed by atoms with Crippen LogP contribution in [0.15, 0.2) is 0 Å². The highest BCUT2D eigenvalue weighted by Gasteiger charge is 2.34. The van der Waals surface area contributed by atoms with Gasteiger partial charge in [-0.2, -0.15) is 0 Å². The standard InChI is InChI=1S/C16H36OS/c1-5-9-13-18(17,14-10-6-2,15-11-7-3)16-12-8-4/h5-16H2,1-4H3. The van der Waals surface area contributed by atoms with Crippen LogP contribution in [0.3, 0.4) is 0 Å². The molecule has 0 heterocycles. The first kappa shape index (κ1) is 18.1. The molecular formula is C16H36OS. The van der Waals surface area contributed by atoms with Crippen molar-refractivity contribution in [3.05, 3.63) is 0 Å². The van der Waals surface area contributed by atoms with Gasteiger partial charge in [-0.05, 0) is 25.7 Å². The Hall–Kier alpha value is 0.150. The van der Waals surface area contributed by atoms with Crippen molar-refractivity contribution >= 4 is 9.07 Å². The second kappa shape index (κ2) is 9.12. The highest BCUT2D eigenvalue weighted by molar-refractivity contribution is 8.19. The number of rotatable bonds is 12. The maximum Gasteiger partial charge on any atom is 0.00365 e. The summed E-state index contributed by atoms with van der Waals surface area (Å²) in [6.07, 6.45) is 9.34. The highest BCUT2D eigenvalue weighted by Crippen LogP contribution is 2.32. The molecule has 0 aromatic heterocycles. The van der Waals surface area contributed by atoms with Crippen LogP contribution in [0.1, 0.15) is 79.1 Å². The highest BCUT2D eigenvalue weighted by atomic mass is 32.3. The van der Waals surface area contributed by atoms with Crippen LogP contribution in [0.2, 0.25) is 0 Å². The molecule has 0 aliphatic carbocycles. The third-order valence-electron chi connectivity index (χ3n) is 4.06. The Morgan fingerprint density at radius 2 is 0.778 bits per heavy atom. The van der Waals surface area contributed by atoms with Crippen LogP contribution in [0.4, 0.5) is 0 Å². The normalized spacial score (nSPS) is 14.3. The lowest BCUT2D eigenvalue weighted by atomic mass is 10.4. The summed E-state index contributed by atoms with van der Waals surface area (Å²) in [6, 6.07) is 0. The van der Waals surface area contributed by atoms with Gasteiger partial charge in [-0.3, -0.25) is 4.21 Å². The van der Waals surface area contributed by atoms with E-state index in [2.05, 4.69) is 27.7 Å². The van der Waals surface area contributed by atoms with Crippen molar-refractivity contribution in [1.29, 1.82) is 0 Å². The number of unbranched alkanes of at least 4 members (excludes halogenated alkanes) is 4. The smallest absolute Gasteiger partial charge is 0.00365 e. The Bertz CT molecular complexity index is 204. The predicted molar refractivity (Wildman–Crippen MR) is 87.2 cm³/mol. The molecule has 0 rings (SSSR count). The van der Waals surface area contributed by atoms with Gasteiger partial charge < -0.3 is 0 Å². The molecule has 0 bridgehead atoms. The first-order chi connectivity index (χ1) is 8.54. The molecule has 0 amide bonds. The zero-order chi connectivity index (χ0) is 13.9. The van der Waals surface area contributed by atoms with Gasteiger partial charge in [0.05, 0.1) is 0 Å². The fraction of sp³-hybridized carbons (Fsp3) is 1.00. The Kier molecular flexibility index (Phi) is 9.19. The van der Waals surface area contributed by atoms with Gasteiger partial charge in [-0.25, -0.2) is 0 Å². The molecule has 0 fully saturated rings. The van der Waals surface area contributed by atoms with Gasteiger partial charge in [0, 0.05) is 23.0 Å². The van der Waals surface area contributed by atoms with Gasteiger partial charge in [0.15, 0.2) is 0 Å². The number of hydrogen-bond donors (Lipinski definition) is 0. The van der Waals surface area contributed by atoms with Gasteiger partial charge in [-0.1, -0.05) is 62.4 Å². The fourth-order valence-corrected chi connectivity index (χ4v) is 7.95. The maximum absolute atomic E-state index is 13.8. The van der Waals surface area contributed by atoms with E-state index in [1.165, 1.54) is 25.7 Å². The molecule has 112 valence electrons. The van der Waals surface area contributed by atoms with Crippen molar-refractivity contribution in [3.8, 4) is 0 Å². The zero-order valence-electron chi connectivity index (χ0n) is 13.3. The van der Waals surface area contributed by atoms with E-state index in [0.29, 0.717) is 0 Å². The summed E-state index contributed by atoms with van der Waals surface area (Å²) in [6.45, 7) is 8.88. The second-order valence-corrected chi connectivity index (χ2v) is 11.0. The van der Waals surface area contributed by atoms with E-state index in [-0.39, 0.29) is 0 Å². The first-order valence-electron chi connectivity index (χ1n) is 8.15. The molecule has 0 saturated carbocycles. The Morgan fingerprint density at radius 1 is 0.556 bits per heavy atom. The number of hydrogen-bond acceptors (Lipinski definition) is 1. The van der Waals surface area contributed by atoms with Gasteiger partial charge >= 0.3 is 0 Å². The van der Waals surface area contributed by atoms with Gasteiger partial charge in [0.25, 0.3) is 0 Å². The van der Waals surface area contributed by atoms with Gasteiger partial charge in [0.1, 0.15) is 0 Å². The Balaban J connectivity index is 4.89. The second-order valence-electron chi connectivity index (χ2n) is 5.93. The van der Waals surface area contributed by atoms with Gasteiger partial charge in [0.2, 0.25) is 0 Å². The molecule has 0 spiro atoms. The van der Waals surface area contributed by atoms with Crippen LogP contribution in [0, 0.1) is 0 Å².